The Kier molecular flexibility index (Phi) is 46.3. The summed E-state index contributed by atoms with van der Waals surface area (Å²) in [6, 6.07) is 0. The predicted molar refractivity (Wildman–Crippen MR) is 281 cm³/mol. The maximum absolute atomic E-state index is 12.8. The number of carboxylic acid groups (broad SMARTS) is 1. The molecule has 0 aromatic heterocycles. The monoisotopic (exact) mass is 939 g/mol. The van der Waals surface area contributed by atoms with Crippen LogP contribution in [0.4, 0.5) is 0 Å². The first kappa shape index (κ1) is 63.5. The van der Waals surface area contributed by atoms with Gasteiger partial charge in [0.15, 0.2) is 6.10 Å². The summed E-state index contributed by atoms with van der Waals surface area (Å²) >= 11 is 0. The number of rotatable bonds is 48. The second kappa shape index (κ2) is 48.9. The summed E-state index contributed by atoms with van der Waals surface area (Å²) in [6.07, 6.45) is 60.8. The number of hydrogen-bond donors (Lipinski definition) is 1. The molecule has 0 saturated carbocycles. The quantitative estimate of drug-likeness (QED) is 0.0211. The van der Waals surface area contributed by atoms with Crippen LogP contribution in [0.2, 0.25) is 0 Å². The van der Waals surface area contributed by atoms with Crippen LogP contribution in [-0.4, -0.2) is 87.4 Å². The van der Waals surface area contributed by atoms with Crippen LogP contribution in [0.3, 0.4) is 0 Å². The molecular weight excluding hydrogens is 839 g/mol. The molecule has 0 aliphatic heterocycles. The number of allylic oxidation sites excluding steroid dienone is 14. The Bertz CT molecular complexity index is 1370. The number of hydrogen-bond acceptors (Lipinski definition) is 7. The van der Waals surface area contributed by atoms with E-state index in [1.807, 2.05) is 21.1 Å². The molecular formula is C58H100NO8+. The molecule has 9 nitrogen and oxygen atoms in total. The molecule has 0 bridgehead atoms. The third kappa shape index (κ3) is 50.2. The van der Waals surface area contributed by atoms with E-state index >= 15 is 0 Å². The molecule has 2 atom stereocenters. The maximum atomic E-state index is 12.8. The molecule has 0 rings (SSSR count). The Hall–Kier alpha value is -3.53. The summed E-state index contributed by atoms with van der Waals surface area (Å²) in [6.45, 7) is 4.71. The normalized spacial score (nSPS) is 13.5. The van der Waals surface area contributed by atoms with E-state index < -0.39 is 24.3 Å². The molecule has 0 amide bonds. The molecule has 0 aromatic rings. The highest BCUT2D eigenvalue weighted by molar-refractivity contribution is 5.71. The van der Waals surface area contributed by atoms with Gasteiger partial charge < -0.3 is 28.5 Å². The zero-order valence-corrected chi connectivity index (χ0v) is 43.5. The van der Waals surface area contributed by atoms with Crippen molar-refractivity contribution in [3.8, 4) is 0 Å². The molecule has 0 fully saturated rings. The standard InChI is InChI=1S/C58H99NO8/c1-6-8-10-12-14-16-18-20-22-24-25-26-27-28-29-30-31-33-34-36-38-40-42-44-46-48-55(60)65-52-54(53-66-58(57(62)63)64-51-50-59(3,4)5)67-56(61)49-47-45-43-41-39-37-35-32-23-21-19-17-15-13-11-9-7-2/h9,11,15,17-18,20-21,23-25,27-28,35,37,54,58H,6-8,10,12-14,16,19,22,26,29-34,36,38-53H2,1-5H3/p+1/b11-9-,17-15-,20-18-,23-21-,25-24-,28-27-,37-35-. The zero-order chi connectivity index (χ0) is 49.2. The fraction of sp³-hybridized carbons (Fsp3) is 0.707. The van der Waals surface area contributed by atoms with Crippen LogP contribution < -0.4 is 0 Å². The van der Waals surface area contributed by atoms with Gasteiger partial charge in [0.05, 0.1) is 34.4 Å². The molecule has 0 aromatic carbocycles. The van der Waals surface area contributed by atoms with Crippen LogP contribution in [-0.2, 0) is 33.3 Å². The minimum atomic E-state index is -1.52. The van der Waals surface area contributed by atoms with Crippen molar-refractivity contribution < 1.29 is 42.9 Å². The van der Waals surface area contributed by atoms with Crippen LogP contribution in [0, 0.1) is 0 Å². The summed E-state index contributed by atoms with van der Waals surface area (Å²) in [5.41, 5.74) is 0. The number of unbranched alkanes of at least 4 members (excludes halogenated alkanes) is 19. The number of quaternary nitrogens is 1. The minimum absolute atomic E-state index is 0.178. The van der Waals surface area contributed by atoms with E-state index in [4.69, 9.17) is 18.9 Å². The van der Waals surface area contributed by atoms with Crippen LogP contribution in [0.5, 0.6) is 0 Å². The van der Waals surface area contributed by atoms with Crippen molar-refractivity contribution >= 4 is 17.9 Å². The fourth-order valence-electron chi connectivity index (χ4n) is 7.01. The van der Waals surface area contributed by atoms with Gasteiger partial charge in [-0.1, -0.05) is 189 Å². The first-order valence-corrected chi connectivity index (χ1v) is 26.8. The molecule has 2 unspecified atom stereocenters. The van der Waals surface area contributed by atoms with Gasteiger partial charge in [0.1, 0.15) is 13.2 Å². The van der Waals surface area contributed by atoms with Gasteiger partial charge in [-0.15, -0.1) is 0 Å². The third-order valence-corrected chi connectivity index (χ3v) is 11.1. The van der Waals surface area contributed by atoms with E-state index in [0.29, 0.717) is 17.4 Å². The lowest BCUT2D eigenvalue weighted by molar-refractivity contribution is -0.870. The Morgan fingerprint density at radius 1 is 0.463 bits per heavy atom. The smallest absolute Gasteiger partial charge is 0.361 e. The molecule has 0 spiro atoms. The van der Waals surface area contributed by atoms with E-state index in [1.165, 1.54) is 89.9 Å². The number of nitrogens with zero attached hydrogens (tertiary/aromatic N) is 1. The maximum Gasteiger partial charge on any atom is 0.361 e. The largest absolute Gasteiger partial charge is 0.477 e. The molecule has 0 radical (unpaired) electrons. The lowest BCUT2D eigenvalue weighted by atomic mass is 10.1. The predicted octanol–water partition coefficient (Wildman–Crippen LogP) is 15.2. The average Bonchev–Trinajstić information content (AvgIpc) is 3.29. The SMILES string of the molecule is CC/C=C\C/C=C\C/C=C\C/C=C\CCCCCCC(=O)OC(COC(=O)CCCCCCCCCCCC/C=C\C/C=C\C/C=C\CCCCCCC)COC(OCC[N+](C)(C)C)C(=O)O. The average molecular weight is 939 g/mol. The van der Waals surface area contributed by atoms with Crippen LogP contribution in [0.25, 0.3) is 0 Å². The van der Waals surface area contributed by atoms with Gasteiger partial charge in [0, 0.05) is 12.8 Å². The van der Waals surface area contributed by atoms with Crippen molar-refractivity contribution in [1.29, 1.82) is 0 Å². The summed E-state index contributed by atoms with van der Waals surface area (Å²) in [7, 11) is 5.95. The van der Waals surface area contributed by atoms with Gasteiger partial charge >= 0.3 is 17.9 Å². The van der Waals surface area contributed by atoms with E-state index in [1.54, 1.807) is 0 Å². The number of likely N-dealkylation sites (N-methyl/N-ethyl adjacent to an activating group) is 1. The minimum Gasteiger partial charge on any atom is -0.477 e. The van der Waals surface area contributed by atoms with E-state index in [0.717, 1.165) is 83.5 Å². The molecule has 384 valence electrons. The second-order valence-corrected chi connectivity index (χ2v) is 18.8. The fourth-order valence-corrected chi connectivity index (χ4v) is 7.01. The molecule has 0 aliphatic carbocycles. The van der Waals surface area contributed by atoms with E-state index in [2.05, 4.69) is 98.9 Å². The number of esters is 2. The van der Waals surface area contributed by atoms with Crippen molar-refractivity contribution in [2.45, 2.75) is 219 Å². The van der Waals surface area contributed by atoms with Gasteiger partial charge in [0.2, 0.25) is 0 Å². The van der Waals surface area contributed by atoms with Crippen LogP contribution in [0.1, 0.15) is 206 Å². The molecule has 0 heterocycles. The number of aliphatic carboxylic acids is 1. The Balaban J connectivity index is 4.33. The van der Waals surface area contributed by atoms with Crippen LogP contribution >= 0.6 is 0 Å². The van der Waals surface area contributed by atoms with E-state index in [-0.39, 0.29) is 38.6 Å². The summed E-state index contributed by atoms with van der Waals surface area (Å²) < 4.78 is 22.8. The molecule has 67 heavy (non-hydrogen) atoms. The van der Waals surface area contributed by atoms with Crippen molar-refractivity contribution in [3.63, 3.8) is 0 Å². The van der Waals surface area contributed by atoms with Gasteiger partial charge in [-0.2, -0.15) is 0 Å². The van der Waals surface area contributed by atoms with Gasteiger partial charge in [-0.25, -0.2) is 4.79 Å². The highest BCUT2D eigenvalue weighted by Crippen LogP contribution is 2.14. The van der Waals surface area contributed by atoms with Crippen molar-refractivity contribution in [1.82, 2.24) is 0 Å². The topological polar surface area (TPSA) is 108 Å². The Labute approximate surface area is 410 Å². The lowest BCUT2D eigenvalue weighted by Crippen LogP contribution is -2.40. The molecule has 9 heteroatoms. The number of carboxylic acids is 1. The second-order valence-electron chi connectivity index (χ2n) is 18.8. The number of carbonyl (C=O) groups excluding carboxylic acids is 2. The highest BCUT2D eigenvalue weighted by Gasteiger charge is 2.25. The first-order chi connectivity index (χ1) is 32.6. The highest BCUT2D eigenvalue weighted by atomic mass is 16.7. The molecule has 0 aliphatic rings. The van der Waals surface area contributed by atoms with Crippen LogP contribution in [0.15, 0.2) is 85.1 Å². The van der Waals surface area contributed by atoms with E-state index in [9.17, 15) is 19.5 Å². The number of carbonyl (C=O) groups is 3. The Morgan fingerprint density at radius 3 is 1.27 bits per heavy atom. The van der Waals surface area contributed by atoms with Gasteiger partial charge in [-0.05, 0) is 89.9 Å². The van der Waals surface area contributed by atoms with Gasteiger partial charge in [-0.3, -0.25) is 9.59 Å². The first-order valence-electron chi connectivity index (χ1n) is 26.8. The number of ether oxygens (including phenoxy) is 4. The molecule has 0 saturated heterocycles. The summed E-state index contributed by atoms with van der Waals surface area (Å²) in [4.78, 5) is 37.3. The Morgan fingerprint density at radius 2 is 0.851 bits per heavy atom. The van der Waals surface area contributed by atoms with Crippen molar-refractivity contribution in [3.05, 3.63) is 85.1 Å². The summed E-state index contributed by atoms with van der Waals surface area (Å²) in [5, 5.41) is 9.68. The third-order valence-electron chi connectivity index (χ3n) is 11.1. The zero-order valence-electron chi connectivity index (χ0n) is 43.5. The van der Waals surface area contributed by atoms with Gasteiger partial charge in [0.25, 0.3) is 6.29 Å². The summed E-state index contributed by atoms with van der Waals surface area (Å²) in [5.74, 6) is -2.05. The molecule has 1 N–H and O–H groups in total. The van der Waals surface area contributed by atoms with Crippen molar-refractivity contribution in [2.75, 3.05) is 47.5 Å². The lowest BCUT2D eigenvalue weighted by Gasteiger charge is -2.25. The van der Waals surface area contributed by atoms with Crippen molar-refractivity contribution in [2.24, 2.45) is 0 Å².